The van der Waals surface area contributed by atoms with Gasteiger partial charge in [0, 0.05) is 23.5 Å². The summed E-state index contributed by atoms with van der Waals surface area (Å²) in [5, 5.41) is 14.0. The Bertz CT molecular complexity index is 1070. The number of hydrogen-bond acceptors (Lipinski definition) is 7. The number of thiophene rings is 1. The van der Waals surface area contributed by atoms with E-state index in [9.17, 15) is 4.79 Å². The first-order valence-electron chi connectivity index (χ1n) is 8.42. The van der Waals surface area contributed by atoms with Crippen LogP contribution in [0.4, 0.5) is 0 Å². The highest BCUT2D eigenvalue weighted by atomic mass is 32.1. The van der Waals surface area contributed by atoms with Crippen LogP contribution in [-0.2, 0) is 13.1 Å². The predicted molar refractivity (Wildman–Crippen MR) is 97.8 cm³/mol. The Balaban J connectivity index is 1.35. The third-order valence-corrected chi connectivity index (χ3v) is 5.45. The molecule has 1 aliphatic heterocycles. The van der Waals surface area contributed by atoms with Crippen molar-refractivity contribution in [1.29, 1.82) is 0 Å². The van der Waals surface area contributed by atoms with E-state index in [1.54, 1.807) is 16.2 Å². The highest BCUT2D eigenvalue weighted by molar-refractivity contribution is 7.13. The van der Waals surface area contributed by atoms with Gasteiger partial charge in [0.25, 0.3) is 11.8 Å². The summed E-state index contributed by atoms with van der Waals surface area (Å²) in [6.45, 7) is 1.55. The Morgan fingerprint density at radius 2 is 2.00 bits per heavy atom. The molecule has 0 spiro atoms. The van der Waals surface area contributed by atoms with Crippen LogP contribution in [0.25, 0.3) is 22.2 Å². The maximum absolute atomic E-state index is 12.9. The van der Waals surface area contributed by atoms with Gasteiger partial charge in [-0.25, -0.2) is 0 Å². The molecule has 5 rings (SSSR count). The molecule has 1 aliphatic rings. The van der Waals surface area contributed by atoms with Gasteiger partial charge in [-0.05, 0) is 29.1 Å². The molecule has 8 nitrogen and oxygen atoms in total. The zero-order chi connectivity index (χ0) is 18.2. The smallest absolute Gasteiger partial charge is 0.295 e. The molecule has 0 fully saturated rings. The minimum absolute atomic E-state index is 0.0127. The molecule has 134 valence electrons. The molecule has 0 unspecified atom stereocenters. The summed E-state index contributed by atoms with van der Waals surface area (Å²) in [5.41, 5.74) is 1.78. The fourth-order valence-corrected chi connectivity index (χ4v) is 3.90. The Hall–Kier alpha value is -3.33. The quantitative estimate of drug-likeness (QED) is 0.544. The molecule has 0 atom stereocenters. The summed E-state index contributed by atoms with van der Waals surface area (Å²) in [4.78, 5) is 19.9. The second-order valence-electron chi connectivity index (χ2n) is 6.12. The minimum Gasteiger partial charge on any atom is -0.331 e. The van der Waals surface area contributed by atoms with E-state index in [-0.39, 0.29) is 5.91 Å². The van der Waals surface area contributed by atoms with Crippen LogP contribution in [0.3, 0.4) is 0 Å². The number of carbonyl (C=O) groups excluding carboxylic acids is 1. The van der Waals surface area contributed by atoms with Crippen molar-refractivity contribution in [3.8, 4) is 22.2 Å². The Kier molecular flexibility index (Phi) is 3.79. The summed E-state index contributed by atoms with van der Waals surface area (Å²) in [6, 6.07) is 11.8. The van der Waals surface area contributed by atoms with Gasteiger partial charge in [-0.2, -0.15) is 4.98 Å². The fourth-order valence-electron chi connectivity index (χ4n) is 3.16. The Morgan fingerprint density at radius 1 is 1.11 bits per heavy atom. The van der Waals surface area contributed by atoms with Crippen LogP contribution in [0.1, 0.15) is 16.2 Å². The molecule has 4 heterocycles. The lowest BCUT2D eigenvalue weighted by Gasteiger charge is -2.27. The van der Waals surface area contributed by atoms with Crippen LogP contribution in [0, 0.1) is 0 Å². The fraction of sp³-hybridized carbons (Fsp3) is 0.167. The normalized spacial score (nSPS) is 13.6. The molecule has 4 aromatic rings. The summed E-state index contributed by atoms with van der Waals surface area (Å²) in [7, 11) is 0. The molecule has 0 N–H and O–H groups in total. The number of benzene rings is 1. The zero-order valence-electron chi connectivity index (χ0n) is 14.1. The molecule has 3 aromatic heterocycles. The number of carbonyl (C=O) groups is 1. The highest BCUT2D eigenvalue weighted by Crippen LogP contribution is 2.26. The van der Waals surface area contributed by atoms with Gasteiger partial charge < -0.3 is 14.0 Å². The van der Waals surface area contributed by atoms with Gasteiger partial charge in [0.2, 0.25) is 5.82 Å². The molecule has 27 heavy (non-hydrogen) atoms. The van der Waals surface area contributed by atoms with Gasteiger partial charge in [0.1, 0.15) is 0 Å². The van der Waals surface area contributed by atoms with Crippen LogP contribution in [0.5, 0.6) is 0 Å². The van der Waals surface area contributed by atoms with Gasteiger partial charge in [0.05, 0.1) is 6.54 Å². The first-order valence-corrected chi connectivity index (χ1v) is 9.30. The summed E-state index contributed by atoms with van der Waals surface area (Å²) in [5.74, 6) is 1.56. The largest absolute Gasteiger partial charge is 0.331 e. The maximum Gasteiger partial charge on any atom is 0.295 e. The monoisotopic (exact) mass is 378 g/mol. The van der Waals surface area contributed by atoms with Gasteiger partial charge >= 0.3 is 0 Å². The molecule has 0 aliphatic carbocycles. The van der Waals surface area contributed by atoms with Crippen LogP contribution in [0.15, 0.2) is 52.6 Å². The molecular formula is C18H14N6O2S. The van der Waals surface area contributed by atoms with E-state index in [1.807, 2.05) is 40.3 Å². The van der Waals surface area contributed by atoms with Crippen LogP contribution < -0.4 is 0 Å². The number of aromatic nitrogens is 5. The lowest BCUT2D eigenvalue weighted by Crippen LogP contribution is -2.38. The highest BCUT2D eigenvalue weighted by Gasteiger charge is 2.27. The molecule has 0 saturated carbocycles. The second-order valence-corrected chi connectivity index (χ2v) is 7.07. The van der Waals surface area contributed by atoms with Crippen LogP contribution in [0.2, 0.25) is 0 Å². The molecule has 0 saturated heterocycles. The zero-order valence-corrected chi connectivity index (χ0v) is 15.0. The molecular weight excluding hydrogens is 364 g/mol. The van der Waals surface area contributed by atoms with Gasteiger partial charge in [-0.1, -0.05) is 23.4 Å². The van der Waals surface area contributed by atoms with E-state index in [0.29, 0.717) is 42.7 Å². The van der Waals surface area contributed by atoms with Crippen molar-refractivity contribution in [2.45, 2.75) is 13.1 Å². The summed E-state index contributed by atoms with van der Waals surface area (Å²) in [6.07, 6.45) is 1.33. The molecule has 1 aromatic carbocycles. The van der Waals surface area contributed by atoms with E-state index in [2.05, 4.69) is 26.4 Å². The Morgan fingerprint density at radius 3 is 2.74 bits per heavy atom. The van der Waals surface area contributed by atoms with Crippen molar-refractivity contribution in [3.05, 3.63) is 59.5 Å². The lowest BCUT2D eigenvalue weighted by atomic mass is 10.1. The Labute approximate surface area is 158 Å². The van der Waals surface area contributed by atoms with Crippen molar-refractivity contribution < 1.29 is 9.32 Å². The second kappa shape index (κ2) is 6.44. The maximum atomic E-state index is 12.9. The number of fused-ring (bicyclic) bond motifs is 1. The third-order valence-electron chi connectivity index (χ3n) is 4.53. The van der Waals surface area contributed by atoms with E-state index < -0.39 is 0 Å². The third kappa shape index (κ3) is 2.81. The van der Waals surface area contributed by atoms with Gasteiger partial charge in [0.15, 0.2) is 12.2 Å². The predicted octanol–water partition coefficient (Wildman–Crippen LogP) is 2.71. The number of amides is 1. The van der Waals surface area contributed by atoms with Gasteiger partial charge in [-0.15, -0.1) is 21.5 Å². The number of hydrogen-bond donors (Lipinski definition) is 0. The van der Waals surface area contributed by atoms with Crippen molar-refractivity contribution in [2.24, 2.45) is 0 Å². The van der Waals surface area contributed by atoms with Crippen molar-refractivity contribution >= 4 is 17.2 Å². The van der Waals surface area contributed by atoms with Crippen molar-refractivity contribution in [3.63, 3.8) is 0 Å². The minimum atomic E-state index is -0.0127. The topological polar surface area (TPSA) is 89.9 Å². The first-order chi connectivity index (χ1) is 13.3. The standard InChI is InChI=1S/C18H14N6O2S/c25-18(13-5-3-12(4-6-13)14-2-1-9-27-14)23-7-8-24-15(10-23)21-22-16(24)17-19-11-20-26-17/h1-6,9,11H,7-8,10H2. The SMILES string of the molecule is O=C(c1ccc(-c2cccs2)cc1)N1CCn2c(nnc2-c2ncno2)C1. The lowest BCUT2D eigenvalue weighted by molar-refractivity contribution is 0.0708. The average Bonchev–Trinajstić information content (AvgIpc) is 3.48. The molecule has 0 radical (unpaired) electrons. The van der Waals surface area contributed by atoms with E-state index in [4.69, 9.17) is 4.52 Å². The summed E-state index contributed by atoms with van der Waals surface area (Å²) >= 11 is 1.68. The first kappa shape index (κ1) is 15.9. The van der Waals surface area contributed by atoms with Gasteiger partial charge in [-0.3, -0.25) is 4.79 Å². The van der Waals surface area contributed by atoms with E-state index >= 15 is 0 Å². The van der Waals surface area contributed by atoms with E-state index in [1.165, 1.54) is 11.2 Å². The molecule has 0 bridgehead atoms. The van der Waals surface area contributed by atoms with Crippen LogP contribution >= 0.6 is 11.3 Å². The van der Waals surface area contributed by atoms with Crippen molar-refractivity contribution in [1.82, 2.24) is 29.8 Å². The molecule has 9 heteroatoms. The summed E-state index contributed by atoms with van der Waals surface area (Å²) < 4.78 is 6.98. The van der Waals surface area contributed by atoms with E-state index in [0.717, 1.165) is 5.56 Å². The van der Waals surface area contributed by atoms with Crippen LogP contribution in [-0.4, -0.2) is 42.3 Å². The number of rotatable bonds is 3. The van der Waals surface area contributed by atoms with Crippen molar-refractivity contribution in [2.75, 3.05) is 6.54 Å². The number of nitrogens with zero attached hydrogens (tertiary/aromatic N) is 6. The molecule has 1 amide bonds. The average molecular weight is 378 g/mol.